The smallest absolute Gasteiger partial charge is 0.225 e. The summed E-state index contributed by atoms with van der Waals surface area (Å²) in [7, 11) is 1.74. The lowest BCUT2D eigenvalue weighted by molar-refractivity contribution is -0.128. The molecule has 1 atom stereocenters. The van der Waals surface area contributed by atoms with Crippen LogP contribution in [-0.2, 0) is 20.9 Å². The molecule has 1 unspecified atom stereocenters. The Bertz CT molecular complexity index is 899. The molecule has 1 fully saturated rings. The molecule has 2 N–H and O–H groups in total. The van der Waals surface area contributed by atoms with Crippen molar-refractivity contribution in [2.45, 2.75) is 33.2 Å². The fourth-order valence-electron chi connectivity index (χ4n) is 4.08. The van der Waals surface area contributed by atoms with Crippen LogP contribution >= 0.6 is 0 Å². The Hall–Kier alpha value is -3.06. The van der Waals surface area contributed by atoms with Crippen molar-refractivity contribution in [1.29, 1.82) is 0 Å². The minimum Gasteiger partial charge on any atom is -0.385 e. The highest BCUT2D eigenvalue weighted by Crippen LogP contribution is 2.22. The van der Waals surface area contributed by atoms with Gasteiger partial charge in [0.25, 0.3) is 0 Å². The molecule has 7 nitrogen and oxygen atoms in total. The first-order valence-corrected chi connectivity index (χ1v) is 11.8. The van der Waals surface area contributed by atoms with Crippen LogP contribution < -0.4 is 15.5 Å². The number of amides is 2. The van der Waals surface area contributed by atoms with Crippen LogP contribution in [0.5, 0.6) is 0 Å². The lowest BCUT2D eigenvalue weighted by Gasteiger charge is -2.23. The molecule has 1 saturated heterocycles. The van der Waals surface area contributed by atoms with Gasteiger partial charge in [-0.1, -0.05) is 12.1 Å². The number of nitrogens with zero attached hydrogens (tertiary/aromatic N) is 2. The summed E-state index contributed by atoms with van der Waals surface area (Å²) in [6.07, 6.45) is 1.32. The average molecular weight is 453 g/mol. The Morgan fingerprint density at radius 2 is 1.76 bits per heavy atom. The van der Waals surface area contributed by atoms with Crippen molar-refractivity contribution in [3.05, 3.63) is 54.1 Å². The van der Waals surface area contributed by atoms with Crippen LogP contribution in [0.1, 0.15) is 32.3 Å². The fourth-order valence-corrected chi connectivity index (χ4v) is 4.08. The number of ether oxygens (including phenoxy) is 1. The van der Waals surface area contributed by atoms with Crippen LogP contribution in [0.15, 0.2) is 48.5 Å². The van der Waals surface area contributed by atoms with Crippen molar-refractivity contribution in [2.75, 3.05) is 50.1 Å². The largest absolute Gasteiger partial charge is 0.385 e. The van der Waals surface area contributed by atoms with E-state index in [-0.39, 0.29) is 17.7 Å². The van der Waals surface area contributed by atoms with E-state index in [1.807, 2.05) is 31.2 Å². The molecule has 0 bridgehead atoms. The summed E-state index contributed by atoms with van der Waals surface area (Å²) in [5, 5.41) is 6.39. The molecule has 3 rings (SSSR count). The average Bonchev–Trinajstić information content (AvgIpc) is 3.22. The molecule has 0 aromatic heterocycles. The standard InChI is InChI=1S/C26H36N4O3/c1-4-29(15-6-16-33-3)24-13-11-23(12-14-24)28-22-9-7-20(8-10-22)18-27-26(32)21-17-25(31)30(5-2)19-21/h7-14,21,28H,4-6,15-19H2,1-3H3,(H,27,32). The lowest BCUT2D eigenvalue weighted by atomic mass is 10.1. The van der Waals surface area contributed by atoms with Gasteiger partial charge in [-0.25, -0.2) is 0 Å². The highest BCUT2D eigenvalue weighted by atomic mass is 16.5. The number of carbonyl (C=O) groups is 2. The van der Waals surface area contributed by atoms with Gasteiger partial charge in [0.15, 0.2) is 0 Å². The molecule has 1 aliphatic rings. The molecule has 0 radical (unpaired) electrons. The van der Waals surface area contributed by atoms with Gasteiger partial charge >= 0.3 is 0 Å². The van der Waals surface area contributed by atoms with Gasteiger partial charge in [-0.2, -0.15) is 0 Å². The monoisotopic (exact) mass is 452 g/mol. The Balaban J connectivity index is 1.48. The number of anilines is 3. The molecule has 1 heterocycles. The fraction of sp³-hybridized carbons (Fsp3) is 0.462. The third-order valence-electron chi connectivity index (χ3n) is 6.07. The number of hydrogen-bond acceptors (Lipinski definition) is 5. The minimum atomic E-state index is -0.245. The van der Waals surface area contributed by atoms with Gasteiger partial charge in [-0.3, -0.25) is 9.59 Å². The van der Waals surface area contributed by atoms with Gasteiger partial charge in [0.1, 0.15) is 0 Å². The number of nitrogens with one attached hydrogen (secondary N) is 2. The summed E-state index contributed by atoms with van der Waals surface area (Å²) in [6.45, 7) is 8.44. The van der Waals surface area contributed by atoms with Crippen molar-refractivity contribution in [3.8, 4) is 0 Å². The van der Waals surface area contributed by atoms with E-state index < -0.39 is 0 Å². The lowest BCUT2D eigenvalue weighted by Crippen LogP contribution is -2.32. The van der Waals surface area contributed by atoms with E-state index in [4.69, 9.17) is 4.74 Å². The second-order valence-electron chi connectivity index (χ2n) is 8.35. The number of benzene rings is 2. The van der Waals surface area contributed by atoms with Gasteiger partial charge in [0.2, 0.25) is 11.8 Å². The van der Waals surface area contributed by atoms with Crippen molar-refractivity contribution in [1.82, 2.24) is 10.2 Å². The van der Waals surface area contributed by atoms with Crippen LogP contribution in [0.2, 0.25) is 0 Å². The van der Waals surface area contributed by atoms with Crippen LogP contribution in [0.25, 0.3) is 0 Å². The van der Waals surface area contributed by atoms with Gasteiger partial charge in [0.05, 0.1) is 5.92 Å². The summed E-state index contributed by atoms with van der Waals surface area (Å²) in [4.78, 5) is 28.3. The number of carbonyl (C=O) groups excluding carboxylic acids is 2. The summed E-state index contributed by atoms with van der Waals surface area (Å²) in [6, 6.07) is 16.5. The number of hydrogen-bond donors (Lipinski definition) is 2. The van der Waals surface area contributed by atoms with E-state index in [1.165, 1.54) is 5.69 Å². The van der Waals surface area contributed by atoms with Crippen molar-refractivity contribution < 1.29 is 14.3 Å². The molecule has 2 aromatic carbocycles. The van der Waals surface area contributed by atoms with Crippen molar-refractivity contribution in [3.63, 3.8) is 0 Å². The van der Waals surface area contributed by atoms with E-state index in [0.717, 1.165) is 43.1 Å². The maximum Gasteiger partial charge on any atom is 0.225 e. The quantitative estimate of drug-likeness (QED) is 0.480. The maximum atomic E-state index is 12.4. The summed E-state index contributed by atoms with van der Waals surface area (Å²) in [5.74, 6) is -0.232. The molecular weight excluding hydrogens is 416 g/mol. The van der Waals surface area contributed by atoms with Gasteiger partial charge in [-0.05, 0) is 62.2 Å². The highest BCUT2D eigenvalue weighted by molar-refractivity contribution is 5.89. The van der Waals surface area contributed by atoms with Gasteiger partial charge in [0, 0.05) is 69.9 Å². The van der Waals surface area contributed by atoms with Crippen LogP contribution in [0.4, 0.5) is 17.1 Å². The van der Waals surface area contributed by atoms with E-state index in [1.54, 1.807) is 12.0 Å². The third-order valence-corrected chi connectivity index (χ3v) is 6.07. The Kier molecular flexibility index (Phi) is 9.13. The Morgan fingerprint density at radius 3 is 2.33 bits per heavy atom. The molecule has 2 aromatic rings. The summed E-state index contributed by atoms with van der Waals surface area (Å²) < 4.78 is 5.16. The molecule has 7 heteroatoms. The van der Waals surface area contributed by atoms with Crippen LogP contribution in [0, 0.1) is 5.92 Å². The zero-order chi connectivity index (χ0) is 23.6. The number of methoxy groups -OCH3 is 1. The summed E-state index contributed by atoms with van der Waals surface area (Å²) >= 11 is 0. The molecule has 0 spiro atoms. The zero-order valence-electron chi connectivity index (χ0n) is 20.0. The maximum absolute atomic E-state index is 12.4. The second kappa shape index (κ2) is 12.3. The van der Waals surface area contributed by atoms with Gasteiger partial charge < -0.3 is 25.2 Å². The van der Waals surface area contributed by atoms with Gasteiger partial charge in [-0.15, -0.1) is 0 Å². The molecule has 1 aliphatic heterocycles. The zero-order valence-corrected chi connectivity index (χ0v) is 20.0. The number of likely N-dealkylation sites (tertiary alicyclic amines) is 1. The van der Waals surface area contributed by atoms with E-state index in [9.17, 15) is 9.59 Å². The minimum absolute atomic E-state index is 0.0510. The molecular formula is C26H36N4O3. The molecule has 0 aliphatic carbocycles. The second-order valence-corrected chi connectivity index (χ2v) is 8.35. The van der Waals surface area contributed by atoms with Crippen molar-refractivity contribution >= 4 is 28.9 Å². The number of rotatable bonds is 12. The van der Waals surface area contributed by atoms with Crippen LogP contribution in [-0.4, -0.2) is 56.6 Å². The first-order valence-electron chi connectivity index (χ1n) is 11.8. The highest BCUT2D eigenvalue weighted by Gasteiger charge is 2.33. The molecule has 33 heavy (non-hydrogen) atoms. The Morgan fingerprint density at radius 1 is 1.09 bits per heavy atom. The SMILES string of the molecule is CCN1CC(C(=O)NCc2ccc(Nc3ccc(N(CC)CCCOC)cc3)cc2)CC1=O. The molecule has 2 amide bonds. The van der Waals surface area contributed by atoms with Crippen LogP contribution in [0.3, 0.4) is 0 Å². The Labute approximate surface area is 197 Å². The predicted octanol–water partition coefficient (Wildman–Crippen LogP) is 3.78. The summed E-state index contributed by atoms with van der Waals surface area (Å²) in [5.41, 5.74) is 4.25. The first kappa shape index (κ1) is 24.6. The van der Waals surface area contributed by atoms with E-state index in [2.05, 4.69) is 46.7 Å². The topological polar surface area (TPSA) is 73.9 Å². The molecule has 0 saturated carbocycles. The normalized spacial score (nSPS) is 15.5. The third kappa shape index (κ3) is 6.96. The van der Waals surface area contributed by atoms with E-state index in [0.29, 0.717) is 26.1 Å². The predicted molar refractivity (Wildman–Crippen MR) is 133 cm³/mol. The van der Waals surface area contributed by atoms with E-state index >= 15 is 0 Å². The first-order chi connectivity index (χ1) is 16.0. The molecule has 178 valence electrons. The van der Waals surface area contributed by atoms with Crippen molar-refractivity contribution in [2.24, 2.45) is 5.92 Å².